The smallest absolute Gasteiger partial charge is 0.274 e. The maximum atomic E-state index is 12.9. The molecule has 1 amide bonds. The van der Waals surface area contributed by atoms with E-state index in [0.29, 0.717) is 34.7 Å². The van der Waals surface area contributed by atoms with E-state index in [9.17, 15) is 4.79 Å². The van der Waals surface area contributed by atoms with Crippen LogP contribution in [-0.4, -0.2) is 51.7 Å². The summed E-state index contributed by atoms with van der Waals surface area (Å²) in [6.45, 7) is 8.17. The average Bonchev–Trinajstić information content (AvgIpc) is 3.29. The van der Waals surface area contributed by atoms with Gasteiger partial charge in [0.2, 0.25) is 0 Å². The second kappa shape index (κ2) is 10.6. The summed E-state index contributed by atoms with van der Waals surface area (Å²) in [6.07, 6.45) is 1.77. The van der Waals surface area contributed by atoms with Crippen molar-refractivity contribution in [2.45, 2.75) is 33.0 Å². The van der Waals surface area contributed by atoms with Crippen molar-refractivity contribution < 1.29 is 9.53 Å². The van der Waals surface area contributed by atoms with Crippen LogP contribution in [0.25, 0.3) is 0 Å². The molecule has 1 aromatic heterocycles. The molecule has 1 aliphatic rings. The van der Waals surface area contributed by atoms with E-state index in [1.807, 2.05) is 29.2 Å². The van der Waals surface area contributed by atoms with E-state index in [2.05, 4.69) is 36.0 Å². The molecule has 0 bridgehead atoms. The van der Waals surface area contributed by atoms with Crippen molar-refractivity contribution in [1.29, 1.82) is 0 Å². The number of nitrogens with zero attached hydrogens (tertiary/aromatic N) is 4. The minimum atomic E-state index is -0.0563. The lowest BCUT2D eigenvalue weighted by atomic mass is 10.0. The van der Waals surface area contributed by atoms with Crippen LogP contribution in [0, 0.1) is 0 Å². The van der Waals surface area contributed by atoms with E-state index < -0.39 is 0 Å². The fraction of sp³-hybridized carbons (Fsp3) is 0.360. The predicted octanol–water partition coefficient (Wildman–Crippen LogP) is 5.31. The maximum absolute atomic E-state index is 12.9. The second-order valence-electron chi connectivity index (χ2n) is 8.54. The van der Waals surface area contributed by atoms with Crippen molar-refractivity contribution in [3.8, 4) is 5.75 Å². The first-order chi connectivity index (χ1) is 15.9. The van der Waals surface area contributed by atoms with Gasteiger partial charge >= 0.3 is 0 Å². The van der Waals surface area contributed by atoms with E-state index in [4.69, 9.17) is 27.9 Å². The molecule has 0 spiro atoms. The fourth-order valence-corrected chi connectivity index (χ4v) is 4.27. The molecule has 174 valence electrons. The van der Waals surface area contributed by atoms with Crippen LogP contribution in [0.1, 0.15) is 41.4 Å². The molecule has 0 unspecified atom stereocenters. The average molecular weight is 487 g/mol. The van der Waals surface area contributed by atoms with Gasteiger partial charge < -0.3 is 9.64 Å². The molecule has 0 N–H and O–H groups in total. The van der Waals surface area contributed by atoms with Gasteiger partial charge in [-0.3, -0.25) is 9.69 Å². The summed E-state index contributed by atoms with van der Waals surface area (Å²) in [5.41, 5.74) is 2.74. The molecule has 1 fully saturated rings. The first-order valence-corrected chi connectivity index (χ1v) is 11.9. The predicted molar refractivity (Wildman–Crippen MR) is 131 cm³/mol. The van der Waals surface area contributed by atoms with Gasteiger partial charge in [-0.25, -0.2) is 4.68 Å². The van der Waals surface area contributed by atoms with Crippen molar-refractivity contribution in [3.63, 3.8) is 0 Å². The van der Waals surface area contributed by atoms with E-state index in [-0.39, 0.29) is 12.6 Å². The van der Waals surface area contributed by atoms with E-state index in [1.54, 1.807) is 23.0 Å². The lowest BCUT2D eigenvalue weighted by Crippen LogP contribution is -2.48. The molecule has 33 heavy (non-hydrogen) atoms. The molecule has 2 aromatic carbocycles. The standard InChI is InChI=1S/C25H28Cl2N4O2/c1-18(2)19-4-7-22(8-5-19)33-17-31-10-9-24(28-31)25(32)30-13-11-29(12-14-30)16-20-3-6-21(26)15-23(20)27/h3-10,15,18H,11-14,16-17H2,1-2H3. The molecular weight excluding hydrogens is 459 g/mol. The zero-order valence-electron chi connectivity index (χ0n) is 18.9. The molecule has 2 heterocycles. The molecule has 3 aromatic rings. The minimum absolute atomic E-state index is 0.0563. The first kappa shape index (κ1) is 23.6. The summed E-state index contributed by atoms with van der Waals surface area (Å²) in [7, 11) is 0. The highest BCUT2D eigenvalue weighted by molar-refractivity contribution is 6.35. The van der Waals surface area contributed by atoms with E-state index in [1.165, 1.54) is 5.56 Å². The van der Waals surface area contributed by atoms with Crippen LogP contribution in [0.5, 0.6) is 5.75 Å². The molecule has 6 nitrogen and oxygen atoms in total. The van der Waals surface area contributed by atoms with Crippen molar-refractivity contribution in [2.75, 3.05) is 26.2 Å². The number of carbonyl (C=O) groups is 1. The lowest BCUT2D eigenvalue weighted by Gasteiger charge is -2.34. The van der Waals surface area contributed by atoms with Crippen molar-refractivity contribution in [3.05, 3.63) is 81.6 Å². The van der Waals surface area contributed by atoms with Crippen LogP contribution in [0.3, 0.4) is 0 Å². The number of carbonyl (C=O) groups excluding carboxylic acids is 1. The van der Waals surface area contributed by atoms with Gasteiger partial charge in [-0.1, -0.05) is 55.2 Å². The third kappa shape index (κ3) is 6.08. The molecule has 0 aliphatic carbocycles. The fourth-order valence-electron chi connectivity index (χ4n) is 3.80. The maximum Gasteiger partial charge on any atom is 0.274 e. The zero-order valence-corrected chi connectivity index (χ0v) is 20.4. The molecular formula is C25H28Cl2N4O2. The number of amides is 1. The summed E-state index contributed by atoms with van der Waals surface area (Å²) in [6, 6.07) is 15.4. The Kier molecular flexibility index (Phi) is 7.58. The van der Waals surface area contributed by atoms with Crippen LogP contribution in [-0.2, 0) is 13.3 Å². The number of halogens is 2. The van der Waals surface area contributed by atoms with Crippen LogP contribution in [0.4, 0.5) is 0 Å². The Morgan fingerprint density at radius 1 is 1.03 bits per heavy atom. The van der Waals surface area contributed by atoms with Gasteiger partial charge in [0.15, 0.2) is 12.4 Å². The van der Waals surface area contributed by atoms with Crippen molar-refractivity contribution in [2.24, 2.45) is 0 Å². The normalized spacial score (nSPS) is 14.6. The molecule has 0 saturated carbocycles. The van der Waals surface area contributed by atoms with Gasteiger partial charge in [0.05, 0.1) is 0 Å². The van der Waals surface area contributed by atoms with Crippen LogP contribution < -0.4 is 4.74 Å². The number of rotatable bonds is 7. The molecule has 4 rings (SSSR count). The number of aromatic nitrogens is 2. The minimum Gasteiger partial charge on any atom is -0.471 e. The summed E-state index contributed by atoms with van der Waals surface area (Å²) < 4.78 is 7.44. The highest BCUT2D eigenvalue weighted by Crippen LogP contribution is 2.23. The first-order valence-electron chi connectivity index (χ1n) is 11.1. The number of hydrogen-bond acceptors (Lipinski definition) is 4. The summed E-state index contributed by atoms with van der Waals surface area (Å²) in [4.78, 5) is 17.0. The van der Waals surface area contributed by atoms with E-state index >= 15 is 0 Å². The summed E-state index contributed by atoms with van der Waals surface area (Å²) >= 11 is 12.3. The Hall–Kier alpha value is -2.54. The van der Waals surface area contributed by atoms with Gasteiger partial charge in [0.1, 0.15) is 5.75 Å². The van der Waals surface area contributed by atoms with Crippen LogP contribution in [0.2, 0.25) is 10.0 Å². The Morgan fingerprint density at radius 3 is 2.42 bits per heavy atom. The lowest BCUT2D eigenvalue weighted by molar-refractivity contribution is 0.0621. The van der Waals surface area contributed by atoms with Crippen LogP contribution in [0.15, 0.2) is 54.7 Å². The summed E-state index contributed by atoms with van der Waals surface area (Å²) in [5.74, 6) is 1.20. The second-order valence-corrected chi connectivity index (χ2v) is 9.39. The monoisotopic (exact) mass is 486 g/mol. The van der Waals surface area contributed by atoms with E-state index in [0.717, 1.165) is 30.9 Å². The number of benzene rings is 2. The molecule has 0 radical (unpaired) electrons. The molecule has 0 atom stereocenters. The number of ether oxygens (including phenoxy) is 1. The topological polar surface area (TPSA) is 50.6 Å². The largest absolute Gasteiger partial charge is 0.471 e. The number of hydrogen-bond donors (Lipinski definition) is 0. The molecule has 1 aliphatic heterocycles. The van der Waals surface area contributed by atoms with Gasteiger partial charge in [-0.05, 0) is 47.4 Å². The van der Waals surface area contributed by atoms with Gasteiger partial charge in [-0.2, -0.15) is 5.10 Å². The van der Waals surface area contributed by atoms with Crippen molar-refractivity contribution in [1.82, 2.24) is 19.6 Å². The molecule has 1 saturated heterocycles. The third-order valence-corrected chi connectivity index (χ3v) is 6.43. The summed E-state index contributed by atoms with van der Waals surface area (Å²) in [5, 5.41) is 5.71. The Morgan fingerprint density at radius 2 is 1.76 bits per heavy atom. The van der Waals surface area contributed by atoms with Gasteiger partial charge in [-0.15, -0.1) is 0 Å². The Labute approximate surface area is 204 Å². The quantitative estimate of drug-likeness (QED) is 0.454. The molecule has 8 heteroatoms. The SMILES string of the molecule is CC(C)c1ccc(OCn2ccc(C(=O)N3CCN(Cc4ccc(Cl)cc4Cl)CC3)n2)cc1. The van der Waals surface area contributed by atoms with Gasteiger partial charge in [0.25, 0.3) is 5.91 Å². The Bertz CT molecular complexity index is 1090. The van der Waals surface area contributed by atoms with Gasteiger partial charge in [0, 0.05) is 49.0 Å². The Balaban J connectivity index is 1.27. The highest BCUT2D eigenvalue weighted by atomic mass is 35.5. The third-order valence-electron chi connectivity index (χ3n) is 5.84. The zero-order chi connectivity index (χ0) is 23.4. The van der Waals surface area contributed by atoms with Crippen LogP contribution >= 0.6 is 23.2 Å². The van der Waals surface area contributed by atoms with Crippen molar-refractivity contribution >= 4 is 29.1 Å². The highest BCUT2D eigenvalue weighted by Gasteiger charge is 2.24. The number of piperazine rings is 1.